The predicted octanol–water partition coefficient (Wildman–Crippen LogP) is 5.13. The van der Waals surface area contributed by atoms with Crippen molar-refractivity contribution in [2.24, 2.45) is 0 Å². The third-order valence-electron chi connectivity index (χ3n) is 4.31. The number of benzene rings is 2. The summed E-state index contributed by atoms with van der Waals surface area (Å²) in [5.41, 5.74) is 2.68. The fourth-order valence-corrected chi connectivity index (χ4v) is 4.68. The zero-order valence-electron chi connectivity index (χ0n) is 15.0. The summed E-state index contributed by atoms with van der Waals surface area (Å²) < 4.78 is 1.44. The van der Waals surface area contributed by atoms with Crippen molar-refractivity contribution in [1.82, 2.24) is 0 Å². The van der Waals surface area contributed by atoms with E-state index in [1.807, 2.05) is 12.1 Å². The van der Waals surface area contributed by atoms with Crippen molar-refractivity contribution in [3.05, 3.63) is 98.0 Å². The van der Waals surface area contributed by atoms with E-state index >= 15 is 0 Å². The Labute approximate surface area is 173 Å². The number of hydrogen-bond acceptors (Lipinski definition) is 6. The van der Waals surface area contributed by atoms with Gasteiger partial charge in [0.15, 0.2) is 21.0 Å². The lowest BCUT2D eigenvalue weighted by Crippen LogP contribution is -2.04. The summed E-state index contributed by atoms with van der Waals surface area (Å²) in [6.07, 6.45) is 5.98. The summed E-state index contributed by atoms with van der Waals surface area (Å²) in [6, 6.07) is 14.2. The van der Waals surface area contributed by atoms with E-state index in [-0.39, 0.29) is 32.1 Å². The van der Waals surface area contributed by atoms with Crippen LogP contribution in [0.2, 0.25) is 0 Å². The minimum Gasteiger partial charge on any atom is -0.499 e. The minimum atomic E-state index is -0.266. The van der Waals surface area contributed by atoms with Gasteiger partial charge >= 0.3 is 0 Å². The highest BCUT2D eigenvalue weighted by atomic mass is 32.1. The van der Waals surface area contributed by atoms with Crippen LogP contribution in [0.25, 0.3) is 32.3 Å². The normalized spacial score (nSPS) is 11.0. The molecule has 0 unspecified atom stereocenters. The quantitative estimate of drug-likeness (QED) is 0.357. The van der Waals surface area contributed by atoms with Gasteiger partial charge < -0.3 is 10.2 Å². The van der Waals surface area contributed by atoms with E-state index in [0.29, 0.717) is 15.5 Å². The van der Waals surface area contributed by atoms with Crippen molar-refractivity contribution in [3.63, 3.8) is 0 Å². The molecule has 0 atom stereocenters. The Morgan fingerprint density at radius 3 is 1.90 bits per heavy atom. The molecule has 6 heteroatoms. The van der Waals surface area contributed by atoms with Gasteiger partial charge in [-0.25, -0.2) is 0 Å². The summed E-state index contributed by atoms with van der Waals surface area (Å²) in [5.74, 6) is 0. The number of rotatable bonds is 3. The van der Waals surface area contributed by atoms with Crippen LogP contribution in [-0.2, 0) is 0 Å². The first-order chi connectivity index (χ1) is 14.1. The van der Waals surface area contributed by atoms with Gasteiger partial charge in [-0.05, 0) is 42.5 Å². The number of allylic oxidation sites excluding steroid dienone is 2. The molecule has 4 aromatic rings. The summed E-state index contributed by atoms with van der Waals surface area (Å²) in [5, 5.41) is 21.2. The lowest BCUT2D eigenvalue weighted by atomic mass is 10.2. The van der Waals surface area contributed by atoms with Gasteiger partial charge in [0.25, 0.3) is 0 Å². The Hall–Kier alpha value is -3.44. The molecule has 0 aliphatic rings. The van der Waals surface area contributed by atoms with Gasteiger partial charge in [-0.15, -0.1) is 5.73 Å². The van der Waals surface area contributed by atoms with E-state index in [1.165, 1.54) is 18.2 Å². The van der Waals surface area contributed by atoms with E-state index in [9.17, 15) is 19.8 Å². The zero-order chi connectivity index (χ0) is 20.4. The maximum atomic E-state index is 12.5. The second-order valence-electron chi connectivity index (χ2n) is 6.13. The standard InChI is InChI=1S/C23H14O4S2/c24-20-14-8-4-6-12-18(14)28-22(26)16(20)10-2-1-3-11-17-21(25)15-9-5-7-13-19(15)29-23(17)27/h1-2,4-13,26-27H. The van der Waals surface area contributed by atoms with Crippen LogP contribution in [0, 0.1) is 0 Å². The maximum absolute atomic E-state index is 12.5. The molecule has 0 amide bonds. The van der Waals surface area contributed by atoms with Crippen molar-refractivity contribution < 1.29 is 10.2 Å². The highest BCUT2D eigenvalue weighted by Crippen LogP contribution is 2.29. The smallest absolute Gasteiger partial charge is 0.199 e. The van der Waals surface area contributed by atoms with Crippen LogP contribution in [0.15, 0.2) is 76.0 Å². The summed E-state index contributed by atoms with van der Waals surface area (Å²) in [6.45, 7) is 0. The van der Waals surface area contributed by atoms with Gasteiger partial charge in [-0.2, -0.15) is 0 Å². The highest BCUT2D eigenvalue weighted by Gasteiger charge is 2.09. The molecule has 0 saturated heterocycles. The van der Waals surface area contributed by atoms with Crippen LogP contribution in [0.3, 0.4) is 0 Å². The molecule has 0 bridgehead atoms. The Morgan fingerprint density at radius 1 is 0.759 bits per heavy atom. The predicted molar refractivity (Wildman–Crippen MR) is 121 cm³/mol. The van der Waals surface area contributed by atoms with Gasteiger partial charge in [-0.1, -0.05) is 53.0 Å². The second kappa shape index (κ2) is 7.89. The minimum absolute atomic E-state index is 0.0573. The third kappa shape index (κ3) is 3.65. The van der Waals surface area contributed by atoms with Crippen LogP contribution >= 0.6 is 22.7 Å². The molecule has 0 aliphatic carbocycles. The molecule has 2 aromatic carbocycles. The van der Waals surface area contributed by atoms with E-state index in [0.717, 1.165) is 27.4 Å². The van der Waals surface area contributed by atoms with Gasteiger partial charge in [0.05, 0.1) is 11.1 Å². The van der Waals surface area contributed by atoms with Crippen LogP contribution in [0.1, 0.15) is 11.1 Å². The van der Waals surface area contributed by atoms with Crippen molar-refractivity contribution in [3.8, 4) is 10.1 Å². The Kier molecular flexibility index (Phi) is 5.14. The topological polar surface area (TPSA) is 74.6 Å². The van der Waals surface area contributed by atoms with Gasteiger partial charge in [0.1, 0.15) is 0 Å². The summed E-state index contributed by atoms with van der Waals surface area (Å²) >= 11 is 2.26. The van der Waals surface area contributed by atoms with Crippen LogP contribution in [0.5, 0.6) is 10.1 Å². The monoisotopic (exact) mass is 418 g/mol. The average molecular weight is 418 g/mol. The lowest BCUT2D eigenvalue weighted by molar-refractivity contribution is 0.488. The van der Waals surface area contributed by atoms with Crippen molar-refractivity contribution in [2.45, 2.75) is 0 Å². The first-order valence-corrected chi connectivity index (χ1v) is 10.3. The summed E-state index contributed by atoms with van der Waals surface area (Å²) in [4.78, 5) is 25.0. The van der Waals surface area contributed by atoms with Gasteiger partial charge in [-0.3, -0.25) is 9.59 Å². The fourth-order valence-electron chi connectivity index (χ4n) is 2.89. The van der Waals surface area contributed by atoms with E-state index in [4.69, 9.17) is 0 Å². The molecule has 0 saturated carbocycles. The molecule has 4 nitrogen and oxygen atoms in total. The van der Waals surface area contributed by atoms with E-state index in [1.54, 1.807) is 42.5 Å². The Bertz CT molecular complexity index is 1450. The number of hydrogen-bond donors (Lipinski definition) is 2. The highest BCUT2D eigenvalue weighted by molar-refractivity contribution is 7.20. The lowest BCUT2D eigenvalue weighted by Gasteiger charge is -2.00. The molecular formula is C23H14O4S2. The van der Waals surface area contributed by atoms with Crippen LogP contribution in [-0.4, -0.2) is 10.2 Å². The molecule has 2 heterocycles. The number of fused-ring (bicyclic) bond motifs is 2. The van der Waals surface area contributed by atoms with Crippen molar-refractivity contribution >= 4 is 55.0 Å². The second-order valence-corrected chi connectivity index (χ2v) is 8.19. The van der Waals surface area contributed by atoms with Crippen molar-refractivity contribution in [2.75, 3.05) is 0 Å². The maximum Gasteiger partial charge on any atom is 0.199 e. The first-order valence-electron chi connectivity index (χ1n) is 8.65. The third-order valence-corrected chi connectivity index (χ3v) is 6.29. The zero-order valence-corrected chi connectivity index (χ0v) is 16.6. The number of aromatic hydroxyl groups is 2. The molecule has 0 radical (unpaired) electrons. The van der Waals surface area contributed by atoms with Crippen LogP contribution in [0.4, 0.5) is 0 Å². The largest absolute Gasteiger partial charge is 0.499 e. The van der Waals surface area contributed by atoms with Crippen molar-refractivity contribution in [1.29, 1.82) is 0 Å². The van der Waals surface area contributed by atoms with Crippen LogP contribution < -0.4 is 10.9 Å². The van der Waals surface area contributed by atoms with E-state index < -0.39 is 0 Å². The molecule has 0 aliphatic heterocycles. The Balaban J connectivity index is 1.68. The molecule has 4 rings (SSSR count). The first kappa shape index (κ1) is 18.9. The SMILES string of the molecule is O=c1c(C=C=CC=Cc2c(O)sc3ccccc3c2=O)c(O)sc2ccccc12. The fraction of sp³-hybridized carbons (Fsp3) is 0. The summed E-state index contributed by atoms with van der Waals surface area (Å²) in [7, 11) is 0. The molecule has 29 heavy (non-hydrogen) atoms. The van der Waals surface area contributed by atoms with Gasteiger partial charge in [0, 0.05) is 20.2 Å². The molecular weight excluding hydrogens is 404 g/mol. The van der Waals surface area contributed by atoms with Gasteiger partial charge in [0.2, 0.25) is 0 Å². The van der Waals surface area contributed by atoms with E-state index in [2.05, 4.69) is 5.73 Å². The average Bonchev–Trinajstić information content (AvgIpc) is 2.72. The molecule has 142 valence electrons. The molecule has 0 spiro atoms. The Morgan fingerprint density at radius 2 is 1.28 bits per heavy atom. The molecule has 0 fully saturated rings. The molecule has 2 N–H and O–H groups in total. The molecule has 2 aromatic heterocycles.